The summed E-state index contributed by atoms with van der Waals surface area (Å²) in [5.41, 5.74) is -3.05. The number of carbonyl (C=O) groups is 4. The molecule has 1 aromatic heterocycles. The topological polar surface area (TPSA) is 182 Å². The van der Waals surface area contributed by atoms with Gasteiger partial charge >= 0.3 is 6.09 Å². The Balaban J connectivity index is 1.48. The maximum Gasteiger partial charge on any atom is 0.408 e. The maximum absolute atomic E-state index is 14.5. The molecule has 1 saturated heterocycles. The Morgan fingerprint density at radius 1 is 1.10 bits per heavy atom. The fraction of sp³-hybridized carbons (Fsp3) is 0.625. The van der Waals surface area contributed by atoms with E-state index in [2.05, 4.69) is 20.3 Å². The number of carbonyl (C=O) groups excluding carboxylic acids is 4. The number of benzene rings is 1. The molecule has 320 valence electrons. The largest absolute Gasteiger partial charge is 0.474 e. The van der Waals surface area contributed by atoms with E-state index in [1.54, 1.807) is 51.1 Å². The molecule has 3 aliphatic rings. The van der Waals surface area contributed by atoms with Crippen LogP contribution >= 0.6 is 0 Å². The van der Waals surface area contributed by atoms with Gasteiger partial charge in [0, 0.05) is 30.7 Å². The smallest absolute Gasteiger partial charge is 0.408 e. The highest BCUT2D eigenvalue weighted by Crippen LogP contribution is 2.47. The van der Waals surface area contributed by atoms with Crippen molar-refractivity contribution in [1.82, 2.24) is 25.2 Å². The number of aryl methyl sites for hydroxylation is 1. The fourth-order valence-electron chi connectivity index (χ4n) is 6.74. The quantitative estimate of drug-likeness (QED) is 0.189. The third-order valence-electron chi connectivity index (χ3n) is 11.3. The van der Waals surface area contributed by atoms with Gasteiger partial charge in [0.15, 0.2) is 5.60 Å². The number of nitrogens with zero attached hydrogens (tertiary/aromatic N) is 2. The summed E-state index contributed by atoms with van der Waals surface area (Å²) in [7, 11) is -4.07. The Kier molecular flexibility index (Phi) is 12.4. The van der Waals surface area contributed by atoms with Gasteiger partial charge in [-0.05, 0) is 83.7 Å². The first-order valence-electron chi connectivity index (χ1n) is 19.4. The van der Waals surface area contributed by atoms with Crippen molar-refractivity contribution in [2.75, 3.05) is 13.2 Å². The predicted molar refractivity (Wildman–Crippen MR) is 209 cm³/mol. The minimum atomic E-state index is -4.07. The molecule has 1 aliphatic heterocycles. The molecule has 0 spiro atoms. The van der Waals surface area contributed by atoms with Crippen molar-refractivity contribution in [3.05, 3.63) is 42.0 Å². The molecule has 2 aromatic rings. The number of amides is 4. The van der Waals surface area contributed by atoms with Gasteiger partial charge in [-0.15, -0.1) is 0 Å². The van der Waals surface area contributed by atoms with Crippen molar-refractivity contribution in [2.45, 2.75) is 134 Å². The Hall–Kier alpha value is -4.61. The average Bonchev–Trinajstić information content (AvgIpc) is 3.99. The molecule has 1 aromatic carbocycles. The number of nitrogens with one attached hydrogen (secondary N) is 3. The Morgan fingerprint density at radius 2 is 1.78 bits per heavy atom. The number of allylic oxidation sites excluding steroid dienone is 1. The fourth-order valence-corrected chi connectivity index (χ4v) is 8.05. The highest BCUT2D eigenvalue weighted by molar-refractivity contribution is 7.91. The lowest BCUT2D eigenvalue weighted by molar-refractivity contribution is -0.151. The van der Waals surface area contributed by atoms with Crippen LogP contribution in [0.2, 0.25) is 0 Å². The number of pyridine rings is 1. The number of ether oxygens (including phenoxy) is 3. The minimum absolute atomic E-state index is 0.0796. The van der Waals surface area contributed by atoms with Crippen molar-refractivity contribution in [2.24, 2.45) is 11.8 Å². The Morgan fingerprint density at radius 3 is 2.36 bits per heavy atom. The monoisotopic (exact) mass is 837 g/mol. The molecular formula is C40H54F3N5O9S. The Labute approximate surface area is 337 Å². The molecule has 6 unspecified atom stereocenters. The summed E-state index contributed by atoms with van der Waals surface area (Å²) in [6.45, 7) is 11.8. The number of alkyl halides is 3. The Bertz CT molecular complexity index is 2070. The van der Waals surface area contributed by atoms with E-state index in [0.29, 0.717) is 30.5 Å². The number of hydrogen-bond donors (Lipinski definition) is 3. The van der Waals surface area contributed by atoms with Crippen LogP contribution in [0.3, 0.4) is 0 Å². The van der Waals surface area contributed by atoms with E-state index < -0.39 is 91.8 Å². The zero-order chi connectivity index (χ0) is 43.2. The van der Waals surface area contributed by atoms with E-state index in [1.165, 1.54) is 18.7 Å². The molecule has 5 rings (SSSR count). The average molecular weight is 838 g/mol. The standard InChI is InChI=1S/C40H54F3N5O9S/c1-10-12-25-19-40(25,35(51)47-58(53,54)38(8)15-16-38)46-32(49)29-17-26(56-33-27-14-11-13-23(4)28(27)18-30(44-33)55-21-24(5)41)20-48(29)34(50)31(22(2)3)45-36(52)57-37(6,7)39(9,42)43/h10-14,18,22,24-26,29,31H,15-17,19-21H2,1-9H3,(H,45,52)(H,46,49)(H,47,51). The highest BCUT2D eigenvalue weighted by Gasteiger charge is 2.63. The number of halogens is 3. The molecular weight excluding hydrogens is 784 g/mol. The zero-order valence-corrected chi connectivity index (χ0v) is 35.1. The van der Waals surface area contributed by atoms with Crippen molar-refractivity contribution < 1.29 is 55.0 Å². The number of sulfonamides is 1. The van der Waals surface area contributed by atoms with Crippen molar-refractivity contribution in [1.29, 1.82) is 0 Å². The second-order valence-corrected chi connectivity index (χ2v) is 19.0. The molecule has 2 heterocycles. The van der Waals surface area contributed by atoms with Gasteiger partial charge < -0.3 is 29.7 Å². The van der Waals surface area contributed by atoms with Crippen molar-refractivity contribution >= 4 is 44.6 Å². The normalized spacial score (nSPS) is 23.9. The zero-order valence-electron chi connectivity index (χ0n) is 34.3. The molecule has 14 nitrogen and oxygen atoms in total. The third-order valence-corrected chi connectivity index (χ3v) is 13.4. The summed E-state index contributed by atoms with van der Waals surface area (Å²) in [6, 6.07) is 4.35. The molecule has 4 amide bonds. The van der Waals surface area contributed by atoms with Gasteiger partial charge in [0.1, 0.15) is 36.5 Å². The number of hydrogen-bond acceptors (Lipinski definition) is 10. The van der Waals surface area contributed by atoms with Crippen LogP contribution in [-0.2, 0) is 29.1 Å². The number of aromatic nitrogens is 1. The van der Waals surface area contributed by atoms with E-state index in [4.69, 9.17) is 14.2 Å². The molecule has 0 bridgehead atoms. The predicted octanol–water partition coefficient (Wildman–Crippen LogP) is 5.26. The van der Waals surface area contributed by atoms with Crippen LogP contribution in [0.4, 0.5) is 18.0 Å². The summed E-state index contributed by atoms with van der Waals surface area (Å²) >= 11 is 0. The summed E-state index contributed by atoms with van der Waals surface area (Å²) in [5, 5.41) is 6.42. The lowest BCUT2D eigenvalue weighted by Gasteiger charge is -2.34. The van der Waals surface area contributed by atoms with Gasteiger partial charge in [0.25, 0.3) is 11.8 Å². The first kappa shape index (κ1) is 44.5. The van der Waals surface area contributed by atoms with Crippen molar-refractivity contribution in [3.63, 3.8) is 0 Å². The number of rotatable bonds is 16. The van der Waals surface area contributed by atoms with E-state index in [0.717, 1.165) is 19.4 Å². The summed E-state index contributed by atoms with van der Waals surface area (Å²) < 4.78 is 86.6. The molecule has 3 fully saturated rings. The molecule has 58 heavy (non-hydrogen) atoms. The summed E-state index contributed by atoms with van der Waals surface area (Å²) in [4.78, 5) is 61.3. The number of likely N-dealkylation sites (tertiary alicyclic amines) is 1. The van der Waals surface area contributed by atoms with E-state index in [9.17, 15) is 40.8 Å². The molecule has 6 atom stereocenters. The van der Waals surface area contributed by atoms with Crippen LogP contribution in [0.15, 0.2) is 36.4 Å². The third kappa shape index (κ3) is 9.31. The van der Waals surface area contributed by atoms with Crippen LogP contribution in [0.25, 0.3) is 10.8 Å². The van der Waals surface area contributed by atoms with Crippen LogP contribution in [-0.4, -0.2) is 101 Å². The van der Waals surface area contributed by atoms with E-state index in [1.807, 2.05) is 13.0 Å². The lowest BCUT2D eigenvalue weighted by atomic mass is 10.0. The molecule has 18 heteroatoms. The lowest BCUT2D eigenvalue weighted by Crippen LogP contribution is -2.59. The van der Waals surface area contributed by atoms with Gasteiger partial charge in [-0.3, -0.25) is 19.1 Å². The van der Waals surface area contributed by atoms with Gasteiger partial charge in [0.2, 0.25) is 33.6 Å². The molecule has 0 radical (unpaired) electrons. The molecule has 3 N–H and O–H groups in total. The first-order valence-corrected chi connectivity index (χ1v) is 20.9. The second kappa shape index (κ2) is 16.2. The van der Waals surface area contributed by atoms with Crippen LogP contribution in [0, 0.1) is 18.8 Å². The number of fused-ring (bicyclic) bond motifs is 1. The van der Waals surface area contributed by atoms with E-state index in [-0.39, 0.29) is 37.8 Å². The van der Waals surface area contributed by atoms with Crippen molar-refractivity contribution in [3.8, 4) is 11.8 Å². The molecule has 2 saturated carbocycles. The van der Waals surface area contributed by atoms with Gasteiger partial charge in [0.05, 0.1) is 11.3 Å². The summed E-state index contributed by atoms with van der Waals surface area (Å²) in [5.74, 6) is -6.95. The van der Waals surface area contributed by atoms with E-state index >= 15 is 0 Å². The van der Waals surface area contributed by atoms with Gasteiger partial charge in [-0.1, -0.05) is 38.1 Å². The van der Waals surface area contributed by atoms with Gasteiger partial charge in [-0.2, -0.15) is 4.98 Å². The highest BCUT2D eigenvalue weighted by atomic mass is 32.2. The van der Waals surface area contributed by atoms with Crippen LogP contribution < -0.4 is 24.8 Å². The minimum Gasteiger partial charge on any atom is -0.474 e. The first-order chi connectivity index (χ1) is 26.8. The van der Waals surface area contributed by atoms with Crippen LogP contribution in [0.5, 0.6) is 11.8 Å². The summed E-state index contributed by atoms with van der Waals surface area (Å²) in [6.07, 6.45) is 0.538. The number of alkyl carbamates (subject to hydrolysis) is 1. The molecule has 2 aliphatic carbocycles. The SMILES string of the molecule is CC=CC1CC1(NC(=O)C1CC(Oc2nc(OCC(C)F)cc3c(C)cccc23)CN1C(=O)C(NC(=O)OC(C)(C)C(C)(F)F)C(C)C)C(=O)NS(=O)(=O)C1(C)CC1. The second-order valence-electron chi connectivity index (χ2n) is 16.8. The van der Waals surface area contributed by atoms with Gasteiger partial charge in [-0.25, -0.2) is 26.4 Å². The maximum atomic E-state index is 14.5. The van der Waals surface area contributed by atoms with Crippen LogP contribution in [0.1, 0.15) is 86.6 Å².